The zero-order chi connectivity index (χ0) is 18.3. The van der Waals surface area contributed by atoms with Crippen LogP contribution in [0.15, 0.2) is 48.9 Å². The van der Waals surface area contributed by atoms with Crippen molar-refractivity contribution in [3.63, 3.8) is 0 Å². The molecule has 7 heteroatoms. The second-order valence-corrected chi connectivity index (χ2v) is 5.95. The highest BCUT2D eigenvalue weighted by Gasteiger charge is 2.14. The zero-order valence-electron chi connectivity index (χ0n) is 13.7. The summed E-state index contributed by atoms with van der Waals surface area (Å²) in [5.41, 5.74) is 2.86. The molecule has 0 saturated heterocycles. The Morgan fingerprint density at radius 3 is 2.58 bits per heavy atom. The van der Waals surface area contributed by atoms with Crippen molar-refractivity contribution in [1.29, 1.82) is 0 Å². The van der Waals surface area contributed by atoms with E-state index in [9.17, 15) is 13.2 Å². The van der Waals surface area contributed by atoms with Crippen molar-refractivity contribution in [2.75, 3.05) is 0 Å². The molecule has 0 N–H and O–H groups in total. The van der Waals surface area contributed by atoms with Gasteiger partial charge in [0.05, 0.1) is 18.3 Å². The largest absolute Gasteiger partial charge is 0.259 e. The summed E-state index contributed by atoms with van der Waals surface area (Å²) in [7, 11) is 0. The molecule has 0 bridgehead atoms. The predicted octanol–water partition coefficient (Wildman–Crippen LogP) is 4.27. The van der Waals surface area contributed by atoms with Gasteiger partial charge in [-0.1, -0.05) is 6.07 Å². The smallest absolute Gasteiger partial charge is 0.212 e. The molecule has 4 nitrogen and oxygen atoms in total. The van der Waals surface area contributed by atoms with E-state index in [1.54, 1.807) is 23.0 Å². The Labute approximate surface area is 147 Å². The number of hydrogen-bond donors (Lipinski definition) is 0. The van der Waals surface area contributed by atoms with Crippen molar-refractivity contribution in [3.8, 4) is 11.1 Å². The van der Waals surface area contributed by atoms with Gasteiger partial charge < -0.3 is 0 Å². The number of pyridine rings is 2. The Hall–Kier alpha value is -3.22. The van der Waals surface area contributed by atoms with Crippen molar-refractivity contribution >= 4 is 11.0 Å². The molecule has 0 fully saturated rings. The first-order chi connectivity index (χ1) is 12.5. The number of rotatable bonds is 3. The molecule has 0 amide bonds. The van der Waals surface area contributed by atoms with E-state index >= 15 is 0 Å². The summed E-state index contributed by atoms with van der Waals surface area (Å²) in [4.78, 5) is 7.93. The minimum absolute atomic E-state index is 0.0338. The summed E-state index contributed by atoms with van der Waals surface area (Å²) in [6.07, 6.45) is 4.56. The van der Waals surface area contributed by atoms with Gasteiger partial charge in [0.25, 0.3) is 0 Å². The minimum Gasteiger partial charge on any atom is -0.259 e. The molecule has 0 aliphatic rings. The molecule has 3 heterocycles. The molecule has 26 heavy (non-hydrogen) atoms. The summed E-state index contributed by atoms with van der Waals surface area (Å²) >= 11 is 0. The van der Waals surface area contributed by atoms with Gasteiger partial charge >= 0.3 is 0 Å². The molecule has 4 rings (SSSR count). The number of hydrogen-bond acceptors (Lipinski definition) is 3. The number of nitrogens with zero attached hydrogens (tertiary/aromatic N) is 4. The summed E-state index contributed by atoms with van der Waals surface area (Å²) in [6, 6.07) is 7.28. The standard InChI is InChI=1S/C19H13F3N4/c1-11-15(20)4-3-14(19(11)22)13-6-17-16(23-8-13)9-25-26(17)10-12-2-5-18(21)24-7-12/h2-9H,10H2,1H3. The number of benzene rings is 1. The molecule has 0 radical (unpaired) electrons. The number of halogens is 3. The maximum Gasteiger partial charge on any atom is 0.212 e. The fourth-order valence-electron chi connectivity index (χ4n) is 2.79. The topological polar surface area (TPSA) is 43.6 Å². The molecular formula is C19H13F3N4. The second kappa shape index (κ2) is 6.25. The zero-order valence-corrected chi connectivity index (χ0v) is 13.7. The number of aromatic nitrogens is 4. The maximum atomic E-state index is 14.4. The first-order valence-electron chi connectivity index (χ1n) is 7.90. The Bertz CT molecular complexity index is 1100. The molecule has 3 aromatic heterocycles. The molecule has 4 aromatic rings. The SMILES string of the molecule is Cc1c(F)ccc(-c2cnc3cnn(Cc4ccc(F)nc4)c3c2)c1F. The quantitative estimate of drug-likeness (QED) is 0.516. The van der Waals surface area contributed by atoms with Gasteiger partial charge in [-0.25, -0.2) is 13.8 Å². The van der Waals surface area contributed by atoms with E-state index in [2.05, 4.69) is 15.1 Å². The van der Waals surface area contributed by atoms with Crippen LogP contribution in [0.3, 0.4) is 0 Å². The van der Waals surface area contributed by atoms with Crippen LogP contribution < -0.4 is 0 Å². The first-order valence-corrected chi connectivity index (χ1v) is 7.90. The molecule has 1 aromatic carbocycles. The van der Waals surface area contributed by atoms with Crippen LogP contribution in [0.25, 0.3) is 22.2 Å². The lowest BCUT2D eigenvalue weighted by Gasteiger charge is -2.08. The Kier molecular flexibility index (Phi) is 3.91. The van der Waals surface area contributed by atoms with Crippen LogP contribution in [0, 0.1) is 24.5 Å². The third kappa shape index (κ3) is 2.81. The highest BCUT2D eigenvalue weighted by Crippen LogP contribution is 2.28. The van der Waals surface area contributed by atoms with Crippen molar-refractivity contribution in [2.45, 2.75) is 13.5 Å². The van der Waals surface area contributed by atoms with Gasteiger partial charge in [0.2, 0.25) is 5.95 Å². The van der Waals surface area contributed by atoms with Gasteiger partial charge in [-0.2, -0.15) is 9.49 Å². The molecule has 0 aliphatic heterocycles. The van der Waals surface area contributed by atoms with Crippen LogP contribution in [0.1, 0.15) is 11.1 Å². The van der Waals surface area contributed by atoms with Crippen LogP contribution in [0.4, 0.5) is 13.2 Å². The van der Waals surface area contributed by atoms with Gasteiger partial charge in [0.15, 0.2) is 0 Å². The van der Waals surface area contributed by atoms with E-state index < -0.39 is 17.6 Å². The van der Waals surface area contributed by atoms with Gasteiger partial charge in [-0.15, -0.1) is 0 Å². The molecule has 0 spiro atoms. The summed E-state index contributed by atoms with van der Waals surface area (Å²) in [6.45, 7) is 1.76. The molecule has 0 unspecified atom stereocenters. The van der Waals surface area contributed by atoms with Crippen LogP contribution in [-0.4, -0.2) is 19.7 Å². The Balaban J connectivity index is 1.77. The normalized spacial score (nSPS) is 11.2. The van der Waals surface area contributed by atoms with Crippen molar-refractivity contribution in [3.05, 3.63) is 77.6 Å². The van der Waals surface area contributed by atoms with Gasteiger partial charge in [-0.05, 0) is 36.8 Å². The van der Waals surface area contributed by atoms with E-state index in [0.29, 0.717) is 23.1 Å². The highest BCUT2D eigenvalue weighted by atomic mass is 19.1. The van der Waals surface area contributed by atoms with Gasteiger partial charge in [0.1, 0.15) is 17.2 Å². The lowest BCUT2D eigenvalue weighted by atomic mass is 10.0. The van der Waals surface area contributed by atoms with Crippen molar-refractivity contribution in [2.24, 2.45) is 0 Å². The minimum atomic E-state index is -0.611. The molecule has 130 valence electrons. The lowest BCUT2D eigenvalue weighted by molar-refractivity contribution is 0.570. The van der Waals surface area contributed by atoms with Crippen molar-refractivity contribution < 1.29 is 13.2 Å². The molecular weight excluding hydrogens is 341 g/mol. The van der Waals surface area contributed by atoms with Crippen LogP contribution in [-0.2, 0) is 6.54 Å². The van der Waals surface area contributed by atoms with Crippen molar-refractivity contribution in [1.82, 2.24) is 19.7 Å². The van der Waals surface area contributed by atoms with E-state index in [4.69, 9.17) is 0 Å². The molecule has 0 atom stereocenters. The van der Waals surface area contributed by atoms with Gasteiger partial charge in [0, 0.05) is 29.1 Å². The van der Waals surface area contributed by atoms with E-state index in [-0.39, 0.29) is 11.1 Å². The molecule has 0 saturated carbocycles. The summed E-state index contributed by atoms with van der Waals surface area (Å²) in [5, 5.41) is 4.28. The van der Waals surface area contributed by atoms with Gasteiger partial charge in [-0.3, -0.25) is 9.67 Å². The molecule has 0 aliphatic carbocycles. The average molecular weight is 354 g/mol. The predicted molar refractivity (Wildman–Crippen MR) is 90.9 cm³/mol. The van der Waals surface area contributed by atoms with Crippen LogP contribution in [0.5, 0.6) is 0 Å². The lowest BCUT2D eigenvalue weighted by Crippen LogP contribution is -2.02. The highest BCUT2D eigenvalue weighted by molar-refractivity contribution is 5.80. The fourth-order valence-corrected chi connectivity index (χ4v) is 2.79. The third-order valence-corrected chi connectivity index (χ3v) is 4.25. The first kappa shape index (κ1) is 16.3. The Morgan fingerprint density at radius 1 is 0.962 bits per heavy atom. The van der Waals surface area contributed by atoms with E-state index in [1.807, 2.05) is 0 Å². The van der Waals surface area contributed by atoms with E-state index in [1.165, 1.54) is 37.5 Å². The second-order valence-electron chi connectivity index (χ2n) is 5.95. The number of fused-ring (bicyclic) bond motifs is 1. The van der Waals surface area contributed by atoms with Crippen LogP contribution in [0.2, 0.25) is 0 Å². The summed E-state index contributed by atoms with van der Waals surface area (Å²) < 4.78 is 42.6. The summed E-state index contributed by atoms with van der Waals surface area (Å²) in [5.74, 6) is -1.75. The fraction of sp³-hybridized carbons (Fsp3) is 0.105. The van der Waals surface area contributed by atoms with E-state index in [0.717, 1.165) is 5.56 Å². The maximum absolute atomic E-state index is 14.4. The third-order valence-electron chi connectivity index (χ3n) is 4.25. The Morgan fingerprint density at radius 2 is 1.81 bits per heavy atom. The monoisotopic (exact) mass is 354 g/mol. The van der Waals surface area contributed by atoms with Crippen LogP contribution >= 0.6 is 0 Å². The average Bonchev–Trinajstić information content (AvgIpc) is 3.04.